The lowest BCUT2D eigenvalue weighted by Gasteiger charge is -2.13. The third kappa shape index (κ3) is 2.62. The van der Waals surface area contributed by atoms with Gasteiger partial charge < -0.3 is 15.2 Å². The number of rotatable bonds is 4. The second-order valence-corrected chi connectivity index (χ2v) is 4.37. The number of carbonyl (C=O) groups excluding carboxylic acids is 1. The zero-order chi connectivity index (χ0) is 14.7. The van der Waals surface area contributed by atoms with E-state index in [1.165, 1.54) is 17.7 Å². The molecule has 2 rings (SSSR count). The van der Waals surface area contributed by atoms with Gasteiger partial charge in [0.15, 0.2) is 5.56 Å². The van der Waals surface area contributed by atoms with E-state index in [4.69, 9.17) is 4.74 Å². The first kappa shape index (κ1) is 14.0. The molecule has 0 spiro atoms. The zero-order valence-electron chi connectivity index (χ0n) is 11.2. The molecule has 0 aromatic carbocycles. The van der Waals surface area contributed by atoms with Crippen LogP contribution in [0.1, 0.15) is 17.3 Å². The molecule has 0 saturated carbocycles. The first-order chi connectivity index (χ1) is 9.54. The number of aromatic nitrogens is 2. The van der Waals surface area contributed by atoms with Crippen molar-refractivity contribution in [2.24, 2.45) is 0 Å². The number of fused-ring (bicyclic) bond motifs is 1. The molecule has 7 heteroatoms. The van der Waals surface area contributed by atoms with Crippen molar-refractivity contribution in [3.05, 3.63) is 40.3 Å². The fourth-order valence-electron chi connectivity index (χ4n) is 1.86. The van der Waals surface area contributed by atoms with Gasteiger partial charge in [-0.05, 0) is 19.1 Å². The third-order valence-electron chi connectivity index (χ3n) is 2.74. The van der Waals surface area contributed by atoms with Crippen molar-refractivity contribution in [2.75, 3.05) is 13.7 Å². The van der Waals surface area contributed by atoms with E-state index in [0.717, 1.165) is 0 Å². The van der Waals surface area contributed by atoms with Crippen molar-refractivity contribution in [1.82, 2.24) is 14.7 Å². The fraction of sp³-hybridized carbons (Fsp3) is 0.308. The molecule has 106 valence electrons. The Morgan fingerprint density at radius 3 is 3.00 bits per heavy atom. The minimum Gasteiger partial charge on any atom is -0.493 e. The number of methoxy groups -OCH3 is 1. The maximum absolute atomic E-state index is 12.2. The lowest BCUT2D eigenvalue weighted by molar-refractivity contribution is 0.0900. The molecule has 7 nitrogen and oxygen atoms in total. The van der Waals surface area contributed by atoms with Gasteiger partial charge in [0.25, 0.3) is 11.5 Å². The molecular weight excluding hydrogens is 262 g/mol. The monoisotopic (exact) mass is 277 g/mol. The second-order valence-electron chi connectivity index (χ2n) is 4.37. The molecule has 0 aliphatic rings. The summed E-state index contributed by atoms with van der Waals surface area (Å²) in [5.41, 5.74) is -0.719. The molecule has 0 aliphatic heterocycles. The Labute approximate surface area is 114 Å². The smallest absolute Gasteiger partial charge is 0.274 e. The van der Waals surface area contributed by atoms with Crippen molar-refractivity contribution in [2.45, 2.75) is 13.0 Å². The Balaban J connectivity index is 2.44. The third-order valence-corrected chi connectivity index (χ3v) is 2.74. The molecule has 0 saturated heterocycles. The normalized spacial score (nSPS) is 12.3. The highest BCUT2D eigenvalue weighted by Crippen LogP contribution is 2.11. The van der Waals surface area contributed by atoms with Gasteiger partial charge in [-0.25, -0.2) is 0 Å². The van der Waals surface area contributed by atoms with E-state index in [0.29, 0.717) is 6.61 Å². The van der Waals surface area contributed by atoms with Gasteiger partial charge in [0, 0.05) is 19.3 Å². The molecule has 20 heavy (non-hydrogen) atoms. The molecular formula is C13H15N3O4. The Kier molecular flexibility index (Phi) is 3.99. The van der Waals surface area contributed by atoms with E-state index in [9.17, 15) is 14.7 Å². The summed E-state index contributed by atoms with van der Waals surface area (Å²) in [5, 5.41) is 12.4. The van der Waals surface area contributed by atoms with Gasteiger partial charge in [-0.2, -0.15) is 4.98 Å². The van der Waals surface area contributed by atoms with E-state index in [2.05, 4.69) is 10.3 Å². The predicted octanol–water partition coefficient (Wildman–Crippen LogP) is 0.165. The van der Waals surface area contributed by atoms with Crippen LogP contribution >= 0.6 is 0 Å². The standard InChI is InChI=1S/C13H15N3O4/c1-8(7-20-2)14-11(17)10-12(18)15-9-5-3-4-6-16(9)13(10)19/h3-6,8,18H,7H2,1-2H3,(H,14,17). The number of aromatic hydroxyl groups is 1. The SMILES string of the molecule is COCC(C)NC(=O)c1c(O)nc2ccccn2c1=O. The number of nitrogens with one attached hydrogen (secondary N) is 1. The number of hydrogen-bond acceptors (Lipinski definition) is 5. The van der Waals surface area contributed by atoms with Gasteiger partial charge >= 0.3 is 0 Å². The molecule has 1 amide bonds. The van der Waals surface area contributed by atoms with E-state index < -0.39 is 17.3 Å². The van der Waals surface area contributed by atoms with Gasteiger partial charge in [-0.1, -0.05) is 6.07 Å². The lowest BCUT2D eigenvalue weighted by atomic mass is 10.2. The number of hydrogen-bond donors (Lipinski definition) is 2. The summed E-state index contributed by atoms with van der Waals surface area (Å²) in [7, 11) is 1.51. The summed E-state index contributed by atoms with van der Waals surface area (Å²) in [6.07, 6.45) is 1.49. The van der Waals surface area contributed by atoms with Crippen LogP contribution < -0.4 is 10.9 Å². The van der Waals surface area contributed by atoms with Crippen molar-refractivity contribution in [1.29, 1.82) is 0 Å². The molecule has 1 atom stereocenters. The largest absolute Gasteiger partial charge is 0.493 e. The van der Waals surface area contributed by atoms with Crippen LogP contribution in [0.15, 0.2) is 29.2 Å². The molecule has 2 aromatic rings. The fourth-order valence-corrected chi connectivity index (χ4v) is 1.86. The number of amides is 1. The molecule has 0 radical (unpaired) electrons. The van der Waals surface area contributed by atoms with Gasteiger partial charge in [0.05, 0.1) is 6.61 Å². The summed E-state index contributed by atoms with van der Waals surface area (Å²) in [5.74, 6) is -1.26. The van der Waals surface area contributed by atoms with Crippen LogP contribution in [0.25, 0.3) is 5.65 Å². The van der Waals surface area contributed by atoms with Crippen LogP contribution in [-0.2, 0) is 4.74 Å². The minimum atomic E-state index is -0.678. The highest BCUT2D eigenvalue weighted by Gasteiger charge is 2.20. The van der Waals surface area contributed by atoms with Crippen LogP contribution in [0.3, 0.4) is 0 Å². The van der Waals surface area contributed by atoms with Crippen molar-refractivity contribution >= 4 is 11.6 Å². The van der Waals surface area contributed by atoms with Crippen LogP contribution in [-0.4, -0.2) is 40.2 Å². The average molecular weight is 277 g/mol. The van der Waals surface area contributed by atoms with Crippen LogP contribution in [0.5, 0.6) is 5.88 Å². The summed E-state index contributed by atoms with van der Waals surface area (Å²) in [6, 6.07) is 4.60. The molecule has 0 fully saturated rings. The van der Waals surface area contributed by atoms with Gasteiger partial charge in [0.2, 0.25) is 5.88 Å². The predicted molar refractivity (Wildman–Crippen MR) is 71.9 cm³/mol. The Morgan fingerprint density at radius 1 is 1.55 bits per heavy atom. The number of carbonyl (C=O) groups is 1. The number of pyridine rings is 1. The van der Waals surface area contributed by atoms with Crippen LogP contribution in [0, 0.1) is 0 Å². The summed E-state index contributed by atoms with van der Waals surface area (Å²) < 4.78 is 6.10. The topological polar surface area (TPSA) is 92.9 Å². The maximum Gasteiger partial charge on any atom is 0.274 e. The summed E-state index contributed by atoms with van der Waals surface area (Å²) >= 11 is 0. The van der Waals surface area contributed by atoms with Gasteiger partial charge in [0.1, 0.15) is 5.65 Å². The molecule has 2 N–H and O–H groups in total. The van der Waals surface area contributed by atoms with Gasteiger partial charge in [-0.15, -0.1) is 0 Å². The average Bonchev–Trinajstić information content (AvgIpc) is 2.38. The van der Waals surface area contributed by atoms with Crippen LogP contribution in [0.4, 0.5) is 0 Å². The Bertz CT molecular complexity index is 696. The number of ether oxygens (including phenoxy) is 1. The molecule has 0 bridgehead atoms. The zero-order valence-corrected chi connectivity index (χ0v) is 11.2. The van der Waals surface area contributed by atoms with Crippen LogP contribution in [0.2, 0.25) is 0 Å². The first-order valence-corrected chi connectivity index (χ1v) is 6.04. The lowest BCUT2D eigenvalue weighted by Crippen LogP contribution is -2.39. The van der Waals surface area contributed by atoms with Crippen molar-refractivity contribution in [3.63, 3.8) is 0 Å². The van der Waals surface area contributed by atoms with Crippen molar-refractivity contribution < 1.29 is 14.6 Å². The molecule has 1 unspecified atom stereocenters. The second kappa shape index (κ2) is 5.70. The quantitative estimate of drug-likeness (QED) is 0.830. The minimum absolute atomic E-state index is 0.275. The summed E-state index contributed by atoms with van der Waals surface area (Å²) in [4.78, 5) is 28.1. The maximum atomic E-state index is 12.2. The highest BCUT2D eigenvalue weighted by atomic mass is 16.5. The Morgan fingerprint density at radius 2 is 2.30 bits per heavy atom. The molecule has 0 aliphatic carbocycles. The Hall–Kier alpha value is -2.41. The van der Waals surface area contributed by atoms with E-state index in [-0.39, 0.29) is 17.3 Å². The highest BCUT2D eigenvalue weighted by molar-refractivity contribution is 5.96. The molecule has 2 aromatic heterocycles. The van der Waals surface area contributed by atoms with Gasteiger partial charge in [-0.3, -0.25) is 14.0 Å². The molecule has 2 heterocycles. The number of nitrogens with zero attached hydrogens (tertiary/aromatic N) is 2. The van der Waals surface area contributed by atoms with Crippen molar-refractivity contribution in [3.8, 4) is 5.88 Å². The first-order valence-electron chi connectivity index (χ1n) is 6.04. The summed E-state index contributed by atoms with van der Waals surface area (Å²) in [6.45, 7) is 2.03. The van der Waals surface area contributed by atoms with E-state index in [1.54, 1.807) is 25.1 Å². The van der Waals surface area contributed by atoms with E-state index in [1.807, 2.05) is 0 Å². The van der Waals surface area contributed by atoms with E-state index >= 15 is 0 Å².